The molecule has 0 aromatic carbocycles. The van der Waals surface area contributed by atoms with Crippen LogP contribution in [0.5, 0.6) is 0 Å². The highest BCUT2D eigenvalue weighted by atomic mass is 16.3. The van der Waals surface area contributed by atoms with E-state index in [0.717, 1.165) is 17.0 Å². The number of aryl methyl sites for hydroxylation is 2. The van der Waals surface area contributed by atoms with Gasteiger partial charge in [-0.3, -0.25) is 4.79 Å². The molecule has 3 heterocycles. The number of anilines is 3. The Kier molecular flexibility index (Phi) is 6.65. The quantitative estimate of drug-likeness (QED) is 0.505. The minimum Gasteiger partial charge on any atom is -0.453 e. The predicted molar refractivity (Wildman–Crippen MR) is 125 cm³/mol. The summed E-state index contributed by atoms with van der Waals surface area (Å²) in [5.74, 6) is 8.64. The normalized spacial score (nSPS) is 15.3. The molecule has 2 aromatic rings. The van der Waals surface area contributed by atoms with Crippen LogP contribution in [0.25, 0.3) is 0 Å². The lowest BCUT2D eigenvalue weighted by Crippen LogP contribution is -2.53. The fourth-order valence-electron chi connectivity index (χ4n) is 3.70. The van der Waals surface area contributed by atoms with Gasteiger partial charge in [0.15, 0.2) is 17.4 Å². The molecule has 2 atom stereocenters. The van der Waals surface area contributed by atoms with E-state index in [1.54, 1.807) is 21.0 Å². The minimum absolute atomic E-state index is 0.0626. The van der Waals surface area contributed by atoms with Crippen molar-refractivity contribution < 1.29 is 14.3 Å². The van der Waals surface area contributed by atoms with Gasteiger partial charge in [0.05, 0.1) is 18.2 Å². The summed E-state index contributed by atoms with van der Waals surface area (Å²) in [5.41, 5.74) is 0.823. The van der Waals surface area contributed by atoms with Crippen LogP contribution in [0, 0.1) is 37.0 Å². The number of carbonyl (C=O) groups excluding carboxylic acids is 1. The van der Waals surface area contributed by atoms with Crippen molar-refractivity contribution in [3.05, 3.63) is 29.0 Å². The zero-order valence-corrected chi connectivity index (χ0v) is 19.8. The van der Waals surface area contributed by atoms with E-state index in [0.29, 0.717) is 29.9 Å². The lowest BCUT2D eigenvalue weighted by Gasteiger charge is -2.38. The van der Waals surface area contributed by atoms with Crippen molar-refractivity contribution in [2.45, 2.75) is 40.7 Å². The molecule has 32 heavy (non-hydrogen) atoms. The predicted octanol–water partition coefficient (Wildman–Crippen LogP) is 2.09. The molecule has 0 spiro atoms. The molecule has 1 aliphatic heterocycles. The van der Waals surface area contributed by atoms with Gasteiger partial charge in [-0.05, 0) is 50.2 Å². The van der Waals surface area contributed by atoms with Gasteiger partial charge in [-0.25, -0.2) is 9.97 Å². The van der Waals surface area contributed by atoms with Crippen molar-refractivity contribution >= 4 is 23.2 Å². The molecule has 0 unspecified atom stereocenters. The zero-order chi connectivity index (χ0) is 23.6. The average Bonchev–Trinajstić information content (AvgIpc) is 3.32. The van der Waals surface area contributed by atoms with Crippen LogP contribution in [0.2, 0.25) is 0 Å². The van der Waals surface area contributed by atoms with Crippen LogP contribution in [0.4, 0.5) is 17.3 Å². The second-order valence-electron chi connectivity index (χ2n) is 8.53. The topological polar surface area (TPSA) is 116 Å². The van der Waals surface area contributed by atoms with E-state index in [-0.39, 0.29) is 18.4 Å². The number of furan rings is 1. The van der Waals surface area contributed by atoms with Crippen molar-refractivity contribution in [3.8, 4) is 11.8 Å². The summed E-state index contributed by atoms with van der Waals surface area (Å²) in [6.07, 6.45) is -0.910. The first kappa shape index (κ1) is 23.4. The average molecular weight is 441 g/mol. The largest absolute Gasteiger partial charge is 0.453 e. The fourth-order valence-corrected chi connectivity index (χ4v) is 3.70. The number of aliphatic hydroxyl groups is 1. The maximum atomic E-state index is 12.6. The van der Waals surface area contributed by atoms with E-state index < -0.39 is 11.5 Å². The molecule has 0 fully saturated rings. The first-order chi connectivity index (χ1) is 15.1. The highest BCUT2D eigenvalue weighted by Crippen LogP contribution is 2.37. The van der Waals surface area contributed by atoms with Crippen LogP contribution in [-0.4, -0.2) is 54.4 Å². The Morgan fingerprint density at radius 3 is 2.62 bits per heavy atom. The Morgan fingerprint density at radius 1 is 1.34 bits per heavy atom. The van der Waals surface area contributed by atoms with Gasteiger partial charge >= 0.3 is 0 Å². The second kappa shape index (κ2) is 9.09. The molecule has 9 heteroatoms. The molecule has 2 aromatic heterocycles. The third-order valence-electron chi connectivity index (χ3n) is 6.34. The van der Waals surface area contributed by atoms with Crippen LogP contribution in [0.1, 0.15) is 43.7 Å². The smallest absolute Gasteiger partial charge is 0.228 e. The number of amides is 1. The van der Waals surface area contributed by atoms with Gasteiger partial charge in [-0.1, -0.05) is 13.8 Å². The number of hydrogen-bond acceptors (Lipinski definition) is 8. The van der Waals surface area contributed by atoms with Gasteiger partial charge in [0.2, 0.25) is 11.7 Å². The molecule has 9 nitrogen and oxygen atoms in total. The van der Waals surface area contributed by atoms with Crippen molar-refractivity contribution in [1.82, 2.24) is 15.3 Å². The molecule has 0 bridgehead atoms. The van der Waals surface area contributed by atoms with Crippen molar-refractivity contribution in [3.63, 3.8) is 0 Å². The molecule has 1 aliphatic rings. The summed E-state index contributed by atoms with van der Waals surface area (Å²) in [5, 5.41) is 20.1. The SMILES string of the molecule is CNC(=O)[C@](C)(C(C)C)[C@@H](O)CN1CNc2c(NC)nc(C#Cc3cc(C)c(C)o3)nc21. The molecular weight excluding hydrogens is 408 g/mol. The Morgan fingerprint density at radius 2 is 2.06 bits per heavy atom. The molecule has 0 radical (unpaired) electrons. The lowest BCUT2D eigenvalue weighted by molar-refractivity contribution is -0.139. The van der Waals surface area contributed by atoms with E-state index in [1.165, 1.54) is 0 Å². The van der Waals surface area contributed by atoms with Gasteiger partial charge in [0.1, 0.15) is 11.4 Å². The third-order valence-corrected chi connectivity index (χ3v) is 6.34. The van der Waals surface area contributed by atoms with E-state index in [1.807, 2.05) is 38.7 Å². The van der Waals surface area contributed by atoms with Crippen LogP contribution in [-0.2, 0) is 4.79 Å². The van der Waals surface area contributed by atoms with Crippen LogP contribution in [0.3, 0.4) is 0 Å². The number of hydrogen-bond donors (Lipinski definition) is 4. The van der Waals surface area contributed by atoms with Gasteiger partial charge < -0.3 is 30.4 Å². The highest BCUT2D eigenvalue weighted by Gasteiger charge is 2.44. The number of nitrogens with zero attached hydrogens (tertiary/aromatic N) is 3. The monoisotopic (exact) mass is 440 g/mol. The third kappa shape index (κ3) is 4.23. The van der Waals surface area contributed by atoms with Gasteiger partial charge in [0.25, 0.3) is 0 Å². The fraction of sp³-hybridized carbons (Fsp3) is 0.522. The molecule has 4 N–H and O–H groups in total. The van der Waals surface area contributed by atoms with E-state index >= 15 is 0 Å². The number of fused-ring (bicyclic) bond motifs is 1. The number of aromatic nitrogens is 2. The van der Waals surface area contributed by atoms with Crippen molar-refractivity contribution in [1.29, 1.82) is 0 Å². The Labute approximate surface area is 189 Å². The molecule has 172 valence electrons. The summed E-state index contributed by atoms with van der Waals surface area (Å²) in [6.45, 7) is 10.2. The number of carbonyl (C=O) groups is 1. The summed E-state index contributed by atoms with van der Waals surface area (Å²) >= 11 is 0. The summed E-state index contributed by atoms with van der Waals surface area (Å²) in [7, 11) is 3.36. The number of rotatable bonds is 6. The Hall–Kier alpha value is -3.25. The molecular formula is C23H32N6O3. The first-order valence-corrected chi connectivity index (χ1v) is 10.7. The Bertz CT molecular complexity index is 1050. The van der Waals surface area contributed by atoms with Crippen molar-refractivity contribution in [2.75, 3.05) is 42.8 Å². The van der Waals surface area contributed by atoms with Crippen LogP contribution in [0.15, 0.2) is 10.5 Å². The Balaban J connectivity index is 1.92. The molecule has 1 amide bonds. The lowest BCUT2D eigenvalue weighted by atomic mass is 9.73. The summed E-state index contributed by atoms with van der Waals surface area (Å²) in [6, 6.07) is 1.88. The molecule has 0 aliphatic carbocycles. The molecule has 0 saturated heterocycles. The van der Waals surface area contributed by atoms with Crippen LogP contribution < -0.4 is 20.9 Å². The van der Waals surface area contributed by atoms with Gasteiger partial charge in [-0.15, -0.1) is 0 Å². The summed E-state index contributed by atoms with van der Waals surface area (Å²) < 4.78 is 5.61. The maximum Gasteiger partial charge on any atom is 0.228 e. The molecule has 0 saturated carbocycles. The number of β-amino-alcohol motifs (C(OH)–C–C–N with tert-alkyl or cyclic N) is 1. The van der Waals surface area contributed by atoms with Crippen LogP contribution >= 0.6 is 0 Å². The minimum atomic E-state index is -0.950. The summed E-state index contributed by atoms with van der Waals surface area (Å²) in [4.78, 5) is 23.6. The second-order valence-corrected chi connectivity index (χ2v) is 8.53. The maximum absolute atomic E-state index is 12.6. The number of aliphatic hydroxyl groups excluding tert-OH is 1. The van der Waals surface area contributed by atoms with E-state index in [2.05, 4.69) is 37.8 Å². The molecule has 3 rings (SSSR count). The van der Waals surface area contributed by atoms with E-state index in [9.17, 15) is 9.90 Å². The van der Waals surface area contributed by atoms with Gasteiger partial charge in [0, 0.05) is 20.6 Å². The van der Waals surface area contributed by atoms with E-state index in [4.69, 9.17) is 4.42 Å². The van der Waals surface area contributed by atoms with Gasteiger partial charge in [-0.2, -0.15) is 0 Å². The highest BCUT2D eigenvalue weighted by molar-refractivity contribution is 5.84. The standard InChI is InChI=1S/C23H32N6O3/c1-13(2)23(5,22(31)25-7)17(30)11-29-12-26-19-20(24-6)27-18(28-21(19)29)9-8-16-10-14(3)15(4)32-16/h10,13,17,26,30H,11-12H2,1-7H3,(H,25,31)(H,24,27,28)/t17-,23+/m0/s1. The number of nitrogens with one attached hydrogen (secondary N) is 3. The first-order valence-electron chi connectivity index (χ1n) is 10.7. The van der Waals surface area contributed by atoms with Crippen molar-refractivity contribution in [2.24, 2.45) is 11.3 Å². The zero-order valence-electron chi connectivity index (χ0n) is 19.8.